The first kappa shape index (κ1) is 13.8. The number of aromatic amines is 1. The van der Waals surface area contributed by atoms with Crippen molar-refractivity contribution in [2.45, 2.75) is 39.4 Å². The van der Waals surface area contributed by atoms with Crippen molar-refractivity contribution in [3.8, 4) is 0 Å². The fourth-order valence-corrected chi connectivity index (χ4v) is 2.09. The zero-order chi connectivity index (χ0) is 14.9. The van der Waals surface area contributed by atoms with Crippen molar-refractivity contribution in [2.75, 3.05) is 0 Å². The molecule has 0 bridgehead atoms. The molecule has 0 saturated heterocycles. The highest BCUT2D eigenvalue weighted by molar-refractivity contribution is 5.74. The fraction of sp³-hybridized carbons (Fsp3) is 0.400. The topological polar surface area (TPSA) is 71.4 Å². The van der Waals surface area contributed by atoms with E-state index in [4.69, 9.17) is 0 Å². The predicted octanol–water partition coefficient (Wildman–Crippen LogP) is 2.09. The summed E-state index contributed by atoms with van der Waals surface area (Å²) in [7, 11) is 0. The van der Waals surface area contributed by atoms with Crippen LogP contribution < -0.4 is 5.32 Å². The molecule has 0 aliphatic carbocycles. The van der Waals surface area contributed by atoms with Gasteiger partial charge in [-0.2, -0.15) is 0 Å². The highest BCUT2D eigenvalue weighted by atomic mass is 15.4. The third-order valence-corrected chi connectivity index (χ3v) is 3.14. The molecule has 0 radical (unpaired) electrons. The molecular formula is C15H20N6. The van der Waals surface area contributed by atoms with Crippen LogP contribution in [0.4, 0.5) is 0 Å². The number of benzene rings is 1. The maximum absolute atomic E-state index is 4.54. The molecule has 6 heteroatoms. The molecule has 1 aromatic carbocycles. The number of H-pyrrole nitrogens is 1. The van der Waals surface area contributed by atoms with E-state index in [-0.39, 0.29) is 5.54 Å². The summed E-state index contributed by atoms with van der Waals surface area (Å²) < 4.78 is 1.80. The number of imidazole rings is 1. The second-order valence-electron chi connectivity index (χ2n) is 6.21. The monoisotopic (exact) mass is 284 g/mol. The summed E-state index contributed by atoms with van der Waals surface area (Å²) in [5.74, 6) is 0.886. The number of hydrogen-bond donors (Lipinski definition) is 2. The van der Waals surface area contributed by atoms with Crippen molar-refractivity contribution >= 4 is 11.0 Å². The largest absolute Gasteiger partial charge is 0.340 e. The fourth-order valence-electron chi connectivity index (χ4n) is 2.09. The van der Waals surface area contributed by atoms with Crippen molar-refractivity contribution in [2.24, 2.45) is 0 Å². The third kappa shape index (κ3) is 3.46. The van der Waals surface area contributed by atoms with Crippen LogP contribution in [0.2, 0.25) is 0 Å². The van der Waals surface area contributed by atoms with Crippen LogP contribution in [-0.2, 0) is 13.1 Å². The molecule has 6 nitrogen and oxygen atoms in total. The predicted molar refractivity (Wildman–Crippen MR) is 81.8 cm³/mol. The molecule has 110 valence electrons. The van der Waals surface area contributed by atoms with Gasteiger partial charge >= 0.3 is 0 Å². The standard InChI is InChI=1S/C15H20N6/c1-15(2,3)16-8-11-9-21(20-19-11)10-14-17-12-6-4-5-7-13(12)18-14/h4-7,9,16H,8,10H2,1-3H3,(H,17,18). The van der Waals surface area contributed by atoms with Gasteiger partial charge in [0, 0.05) is 12.1 Å². The molecule has 2 N–H and O–H groups in total. The van der Waals surface area contributed by atoms with Crippen LogP contribution in [0.15, 0.2) is 30.5 Å². The van der Waals surface area contributed by atoms with E-state index in [0.29, 0.717) is 13.1 Å². The van der Waals surface area contributed by atoms with Crippen LogP contribution in [0.5, 0.6) is 0 Å². The molecule has 0 amide bonds. The number of nitrogens with zero attached hydrogens (tertiary/aromatic N) is 4. The van der Waals surface area contributed by atoms with E-state index in [1.54, 1.807) is 4.68 Å². The van der Waals surface area contributed by atoms with Crippen molar-refractivity contribution in [3.05, 3.63) is 42.0 Å². The first-order valence-corrected chi connectivity index (χ1v) is 7.07. The van der Waals surface area contributed by atoms with E-state index >= 15 is 0 Å². The summed E-state index contributed by atoms with van der Waals surface area (Å²) in [6.45, 7) is 7.70. The summed E-state index contributed by atoms with van der Waals surface area (Å²) in [6.07, 6.45) is 1.95. The summed E-state index contributed by atoms with van der Waals surface area (Å²) in [5.41, 5.74) is 3.02. The number of nitrogens with one attached hydrogen (secondary N) is 2. The Morgan fingerprint density at radius 3 is 2.81 bits per heavy atom. The Balaban J connectivity index is 1.69. The van der Waals surface area contributed by atoms with Crippen LogP contribution in [0.1, 0.15) is 32.3 Å². The van der Waals surface area contributed by atoms with Crippen LogP contribution in [-0.4, -0.2) is 30.5 Å². The molecular weight excluding hydrogens is 264 g/mol. The molecule has 0 aliphatic rings. The Labute approximate surface area is 123 Å². The Hall–Kier alpha value is -2.21. The van der Waals surface area contributed by atoms with Gasteiger partial charge in [0.25, 0.3) is 0 Å². The van der Waals surface area contributed by atoms with Gasteiger partial charge < -0.3 is 10.3 Å². The van der Waals surface area contributed by atoms with Gasteiger partial charge in [-0.05, 0) is 32.9 Å². The molecule has 3 aromatic rings. The normalized spacial score (nSPS) is 12.1. The van der Waals surface area contributed by atoms with Crippen molar-refractivity contribution in [3.63, 3.8) is 0 Å². The van der Waals surface area contributed by atoms with Gasteiger partial charge in [0.05, 0.1) is 22.9 Å². The average Bonchev–Trinajstić information content (AvgIpc) is 3.01. The maximum Gasteiger partial charge on any atom is 0.129 e. The average molecular weight is 284 g/mol. The molecule has 0 unspecified atom stereocenters. The molecule has 0 saturated carbocycles. The summed E-state index contributed by atoms with van der Waals surface area (Å²) >= 11 is 0. The molecule has 0 spiro atoms. The minimum Gasteiger partial charge on any atom is -0.340 e. The number of hydrogen-bond acceptors (Lipinski definition) is 4. The van der Waals surface area contributed by atoms with Gasteiger partial charge in [-0.1, -0.05) is 17.3 Å². The van der Waals surface area contributed by atoms with E-state index in [1.807, 2.05) is 30.5 Å². The lowest BCUT2D eigenvalue weighted by Gasteiger charge is -2.19. The van der Waals surface area contributed by atoms with Gasteiger partial charge in [-0.3, -0.25) is 0 Å². The van der Waals surface area contributed by atoms with Crippen molar-refractivity contribution < 1.29 is 0 Å². The molecule has 2 aromatic heterocycles. The second kappa shape index (κ2) is 5.29. The zero-order valence-electron chi connectivity index (χ0n) is 12.6. The first-order chi connectivity index (χ1) is 9.99. The second-order valence-corrected chi connectivity index (χ2v) is 6.21. The molecule has 0 aliphatic heterocycles. The summed E-state index contributed by atoms with van der Waals surface area (Å²) in [5, 5.41) is 11.7. The number of aromatic nitrogens is 5. The number of para-hydroxylation sites is 2. The Kier molecular flexibility index (Phi) is 3.47. The minimum atomic E-state index is 0.0719. The van der Waals surface area contributed by atoms with Crippen LogP contribution >= 0.6 is 0 Å². The lowest BCUT2D eigenvalue weighted by Crippen LogP contribution is -2.35. The minimum absolute atomic E-state index is 0.0719. The van der Waals surface area contributed by atoms with Gasteiger partial charge in [-0.25, -0.2) is 9.67 Å². The highest BCUT2D eigenvalue weighted by Gasteiger charge is 2.10. The Morgan fingerprint density at radius 1 is 1.24 bits per heavy atom. The van der Waals surface area contributed by atoms with Gasteiger partial charge in [0.2, 0.25) is 0 Å². The quantitative estimate of drug-likeness (QED) is 0.769. The van der Waals surface area contributed by atoms with Gasteiger partial charge in [-0.15, -0.1) is 5.10 Å². The van der Waals surface area contributed by atoms with E-state index in [1.165, 1.54) is 0 Å². The van der Waals surface area contributed by atoms with Crippen molar-refractivity contribution in [1.82, 2.24) is 30.3 Å². The van der Waals surface area contributed by atoms with Crippen LogP contribution in [0.25, 0.3) is 11.0 Å². The van der Waals surface area contributed by atoms with E-state index < -0.39 is 0 Å². The van der Waals surface area contributed by atoms with E-state index in [9.17, 15) is 0 Å². The SMILES string of the molecule is CC(C)(C)NCc1cn(Cc2nc3ccccc3[nH]2)nn1. The number of fused-ring (bicyclic) bond motifs is 1. The van der Waals surface area contributed by atoms with Crippen LogP contribution in [0.3, 0.4) is 0 Å². The van der Waals surface area contributed by atoms with Crippen LogP contribution in [0, 0.1) is 0 Å². The molecule has 3 rings (SSSR count). The third-order valence-electron chi connectivity index (χ3n) is 3.14. The highest BCUT2D eigenvalue weighted by Crippen LogP contribution is 2.11. The lowest BCUT2D eigenvalue weighted by molar-refractivity contribution is 0.421. The van der Waals surface area contributed by atoms with E-state index in [0.717, 1.165) is 22.6 Å². The zero-order valence-corrected chi connectivity index (χ0v) is 12.6. The Bertz CT molecular complexity index is 701. The molecule has 0 fully saturated rings. The van der Waals surface area contributed by atoms with Gasteiger partial charge in [0.1, 0.15) is 12.4 Å². The smallest absolute Gasteiger partial charge is 0.129 e. The van der Waals surface area contributed by atoms with E-state index in [2.05, 4.69) is 46.4 Å². The lowest BCUT2D eigenvalue weighted by atomic mass is 10.1. The number of rotatable bonds is 4. The van der Waals surface area contributed by atoms with Crippen molar-refractivity contribution in [1.29, 1.82) is 0 Å². The molecule has 21 heavy (non-hydrogen) atoms. The summed E-state index contributed by atoms with van der Waals surface area (Å²) in [6, 6.07) is 8.00. The van der Waals surface area contributed by atoms with Gasteiger partial charge in [0.15, 0.2) is 0 Å². The Morgan fingerprint density at radius 2 is 2.05 bits per heavy atom. The first-order valence-electron chi connectivity index (χ1n) is 7.07. The molecule has 0 atom stereocenters. The maximum atomic E-state index is 4.54. The summed E-state index contributed by atoms with van der Waals surface area (Å²) in [4.78, 5) is 7.84. The molecule has 2 heterocycles.